The van der Waals surface area contributed by atoms with Gasteiger partial charge in [0.2, 0.25) is 0 Å². The molecule has 0 aliphatic rings. The van der Waals surface area contributed by atoms with Crippen molar-refractivity contribution in [1.29, 1.82) is 0 Å². The summed E-state index contributed by atoms with van der Waals surface area (Å²) in [6.45, 7) is 0. The van der Waals surface area contributed by atoms with Crippen LogP contribution >= 0.6 is 52.8 Å². The topological polar surface area (TPSA) is 0 Å². The highest BCUT2D eigenvalue weighted by Crippen LogP contribution is 2.21. The van der Waals surface area contributed by atoms with Gasteiger partial charge in [-0.25, -0.2) is 0 Å². The smallest absolute Gasteiger partial charge is 0.0259 e. The maximum absolute atomic E-state index is 3.56. The molecule has 2 rings (SSSR count). The van der Waals surface area contributed by atoms with E-state index in [1.54, 1.807) is 0 Å². The molecule has 0 aliphatic heterocycles. The standard InChI is InChI=1S/C12H8Br2P.ClH/c13-9-5-1-3-7-11(9)15-12-8-4-2-6-10(12)14;/h1-8H;1H. The van der Waals surface area contributed by atoms with Gasteiger partial charge in [-0.15, -0.1) is 12.4 Å². The minimum atomic E-state index is 0. The van der Waals surface area contributed by atoms with Crippen LogP contribution in [0.25, 0.3) is 0 Å². The number of hydrogen-bond acceptors (Lipinski definition) is 0. The Bertz CT molecular complexity index is 431. The molecule has 0 N–H and O–H groups in total. The van der Waals surface area contributed by atoms with E-state index in [1.807, 2.05) is 12.1 Å². The molecule has 0 saturated heterocycles. The highest BCUT2D eigenvalue weighted by Gasteiger charge is 2.03. The molecule has 16 heavy (non-hydrogen) atoms. The number of halogens is 3. The summed E-state index contributed by atoms with van der Waals surface area (Å²) in [6.07, 6.45) is 0. The molecule has 0 nitrogen and oxygen atoms in total. The molecule has 0 aliphatic carbocycles. The van der Waals surface area contributed by atoms with Crippen molar-refractivity contribution in [3.05, 3.63) is 57.5 Å². The van der Waals surface area contributed by atoms with E-state index in [0.29, 0.717) is 0 Å². The largest absolute Gasteiger partial charge is 0.147 e. The van der Waals surface area contributed by atoms with Crippen molar-refractivity contribution < 1.29 is 0 Å². The first-order valence-corrected chi connectivity index (χ1v) is 6.96. The zero-order valence-corrected chi connectivity index (χ0v) is 13.1. The monoisotopic (exact) mass is 377 g/mol. The molecule has 0 heterocycles. The Balaban J connectivity index is 0.00000128. The lowest BCUT2D eigenvalue weighted by atomic mass is 10.4. The first-order chi connectivity index (χ1) is 7.27. The van der Waals surface area contributed by atoms with Crippen molar-refractivity contribution in [2.75, 3.05) is 0 Å². The van der Waals surface area contributed by atoms with E-state index in [-0.39, 0.29) is 12.4 Å². The van der Waals surface area contributed by atoms with Crippen LogP contribution in [0, 0.1) is 0 Å². The summed E-state index contributed by atoms with van der Waals surface area (Å²) < 4.78 is 2.31. The van der Waals surface area contributed by atoms with Gasteiger partial charge in [0.15, 0.2) is 0 Å². The van der Waals surface area contributed by atoms with E-state index in [9.17, 15) is 0 Å². The zero-order chi connectivity index (χ0) is 10.7. The van der Waals surface area contributed by atoms with Crippen molar-refractivity contribution in [3.63, 3.8) is 0 Å². The number of rotatable bonds is 2. The fourth-order valence-electron chi connectivity index (χ4n) is 1.21. The van der Waals surface area contributed by atoms with Crippen molar-refractivity contribution in [1.82, 2.24) is 0 Å². The summed E-state index contributed by atoms with van der Waals surface area (Å²) in [6, 6.07) is 16.6. The van der Waals surface area contributed by atoms with E-state index in [0.717, 1.165) is 8.95 Å². The van der Waals surface area contributed by atoms with Gasteiger partial charge < -0.3 is 0 Å². The third-order valence-electron chi connectivity index (χ3n) is 1.95. The first kappa shape index (κ1) is 14.2. The Morgan fingerprint density at radius 1 is 0.688 bits per heavy atom. The molecule has 0 fully saturated rings. The van der Waals surface area contributed by atoms with Gasteiger partial charge in [-0.3, -0.25) is 0 Å². The molecule has 0 saturated carbocycles. The highest BCUT2D eigenvalue weighted by molar-refractivity contribution is 9.11. The Morgan fingerprint density at radius 2 is 1.06 bits per heavy atom. The fraction of sp³-hybridized carbons (Fsp3) is 0. The van der Waals surface area contributed by atoms with Crippen molar-refractivity contribution >= 4 is 63.5 Å². The summed E-state index contributed by atoms with van der Waals surface area (Å²) in [7, 11) is 1.21. The van der Waals surface area contributed by atoms with Crippen LogP contribution in [0.2, 0.25) is 0 Å². The van der Waals surface area contributed by atoms with Crippen LogP contribution in [-0.4, -0.2) is 0 Å². The van der Waals surface area contributed by atoms with Crippen LogP contribution in [0.5, 0.6) is 0 Å². The van der Waals surface area contributed by atoms with Gasteiger partial charge in [0.25, 0.3) is 0 Å². The van der Waals surface area contributed by atoms with E-state index in [1.165, 1.54) is 19.2 Å². The predicted molar refractivity (Wildman–Crippen MR) is 81.7 cm³/mol. The SMILES string of the molecule is Brc1ccccc1[P]c1ccccc1Br.Cl. The molecule has 0 aromatic heterocycles. The van der Waals surface area contributed by atoms with Crippen LogP contribution in [0.4, 0.5) is 0 Å². The maximum atomic E-state index is 3.56. The molecule has 0 bridgehead atoms. The molecule has 0 amide bonds. The Morgan fingerprint density at radius 3 is 1.44 bits per heavy atom. The first-order valence-electron chi connectivity index (χ1n) is 4.48. The third-order valence-corrected chi connectivity index (χ3v) is 5.20. The van der Waals surface area contributed by atoms with Gasteiger partial charge in [-0.05, 0) is 31.3 Å². The molecule has 2 aromatic carbocycles. The van der Waals surface area contributed by atoms with Gasteiger partial charge in [-0.2, -0.15) is 0 Å². The van der Waals surface area contributed by atoms with E-state index in [4.69, 9.17) is 0 Å². The highest BCUT2D eigenvalue weighted by atomic mass is 79.9. The van der Waals surface area contributed by atoms with Gasteiger partial charge in [0, 0.05) is 8.95 Å². The molecule has 0 atom stereocenters. The fourth-order valence-corrected chi connectivity index (χ4v) is 3.26. The second-order valence-corrected chi connectivity index (χ2v) is 5.91. The Kier molecular flexibility index (Phi) is 5.99. The van der Waals surface area contributed by atoms with Crippen molar-refractivity contribution in [3.8, 4) is 0 Å². The normalized spacial score (nSPS) is 9.62. The lowest BCUT2D eigenvalue weighted by Crippen LogP contribution is -2.05. The summed E-state index contributed by atoms with van der Waals surface area (Å²) >= 11 is 7.11. The van der Waals surface area contributed by atoms with Crippen LogP contribution in [0.1, 0.15) is 0 Å². The molecule has 0 spiro atoms. The Hall–Kier alpha value is 0.120. The predicted octanol–water partition coefficient (Wildman–Crippen LogP) is 4.53. The van der Waals surface area contributed by atoms with Gasteiger partial charge >= 0.3 is 0 Å². The summed E-state index contributed by atoms with van der Waals surface area (Å²) in [5.41, 5.74) is 0. The van der Waals surface area contributed by atoms with E-state index >= 15 is 0 Å². The molecular formula is C12H9Br2ClP. The summed E-state index contributed by atoms with van der Waals surface area (Å²) in [5.74, 6) is 0. The van der Waals surface area contributed by atoms with Crippen molar-refractivity contribution in [2.24, 2.45) is 0 Å². The second-order valence-electron chi connectivity index (χ2n) is 3.01. The quantitative estimate of drug-likeness (QED) is 0.673. The molecular weight excluding hydrogens is 370 g/mol. The lowest BCUT2D eigenvalue weighted by Gasteiger charge is -2.05. The van der Waals surface area contributed by atoms with Crippen LogP contribution in [0.3, 0.4) is 0 Å². The molecule has 0 unspecified atom stereocenters. The minimum absolute atomic E-state index is 0. The van der Waals surface area contributed by atoms with Crippen LogP contribution < -0.4 is 10.6 Å². The molecule has 2 aromatic rings. The van der Waals surface area contributed by atoms with Crippen molar-refractivity contribution in [2.45, 2.75) is 0 Å². The molecule has 83 valence electrons. The molecule has 4 heteroatoms. The maximum Gasteiger partial charge on any atom is 0.0259 e. The average molecular weight is 379 g/mol. The van der Waals surface area contributed by atoms with Gasteiger partial charge in [0.05, 0.1) is 0 Å². The average Bonchev–Trinajstić information content (AvgIpc) is 2.24. The van der Waals surface area contributed by atoms with Gasteiger partial charge in [0.1, 0.15) is 0 Å². The Labute approximate surface area is 120 Å². The van der Waals surface area contributed by atoms with Crippen LogP contribution in [0.15, 0.2) is 57.5 Å². The second kappa shape index (κ2) is 6.76. The lowest BCUT2D eigenvalue weighted by molar-refractivity contribution is 1.70. The zero-order valence-electron chi connectivity index (χ0n) is 8.23. The van der Waals surface area contributed by atoms with Gasteiger partial charge in [-0.1, -0.05) is 68.3 Å². The van der Waals surface area contributed by atoms with E-state index < -0.39 is 0 Å². The minimum Gasteiger partial charge on any atom is -0.147 e. The third kappa shape index (κ3) is 3.56. The number of hydrogen-bond donors (Lipinski definition) is 0. The van der Waals surface area contributed by atoms with Crippen LogP contribution in [-0.2, 0) is 0 Å². The number of benzene rings is 2. The summed E-state index contributed by atoms with van der Waals surface area (Å²) in [5, 5.41) is 2.56. The summed E-state index contributed by atoms with van der Waals surface area (Å²) in [4.78, 5) is 0. The molecule has 1 radical (unpaired) electrons. The van der Waals surface area contributed by atoms with E-state index in [2.05, 4.69) is 68.3 Å².